The first kappa shape index (κ1) is 27.0. The van der Waals surface area contributed by atoms with E-state index < -0.39 is 0 Å². The van der Waals surface area contributed by atoms with Gasteiger partial charge < -0.3 is 0 Å². The Morgan fingerprint density at radius 1 is 0.647 bits per heavy atom. The molecule has 188 valence electrons. The van der Waals surface area contributed by atoms with E-state index in [1.807, 2.05) is 0 Å². The second kappa shape index (κ2) is 14.7. The molecule has 2 aromatic rings. The summed E-state index contributed by atoms with van der Waals surface area (Å²) in [6, 6.07) is 22.6. The van der Waals surface area contributed by atoms with Gasteiger partial charge in [0.05, 0.1) is 0 Å². The average molecular weight is 463 g/mol. The van der Waals surface area contributed by atoms with E-state index in [9.17, 15) is 0 Å². The highest BCUT2D eigenvalue weighted by Crippen LogP contribution is 2.25. The van der Waals surface area contributed by atoms with E-state index in [-0.39, 0.29) is 0 Å². The first-order valence-corrected chi connectivity index (χ1v) is 14.0. The van der Waals surface area contributed by atoms with Gasteiger partial charge in [0.15, 0.2) is 0 Å². The molecule has 0 bridgehead atoms. The summed E-state index contributed by atoms with van der Waals surface area (Å²) in [4.78, 5) is 5.30. The molecular formula is C32H50N2. The lowest BCUT2D eigenvalue weighted by Crippen LogP contribution is -2.39. The van der Waals surface area contributed by atoms with Crippen LogP contribution < -0.4 is 0 Å². The Kier molecular flexibility index (Phi) is 11.6. The second-order valence-electron chi connectivity index (χ2n) is 11.6. The van der Waals surface area contributed by atoms with Crippen molar-refractivity contribution >= 4 is 0 Å². The molecule has 2 heteroatoms. The molecule has 0 aliphatic carbocycles. The fraction of sp³-hybridized carbons (Fsp3) is 0.625. The molecule has 2 aliphatic heterocycles. The van der Waals surface area contributed by atoms with E-state index >= 15 is 0 Å². The highest BCUT2D eigenvalue weighted by molar-refractivity contribution is 5.15. The van der Waals surface area contributed by atoms with Gasteiger partial charge >= 0.3 is 0 Å². The van der Waals surface area contributed by atoms with Crippen molar-refractivity contribution < 1.29 is 0 Å². The van der Waals surface area contributed by atoms with Crippen LogP contribution in [0.3, 0.4) is 0 Å². The molecule has 2 aromatic carbocycles. The molecule has 0 spiro atoms. The lowest BCUT2D eigenvalue weighted by Gasteiger charge is -2.36. The van der Waals surface area contributed by atoms with Gasteiger partial charge in [0.25, 0.3) is 0 Å². The summed E-state index contributed by atoms with van der Waals surface area (Å²) in [5.74, 6) is 2.65. The smallest absolute Gasteiger partial charge is 0.0236 e. The second-order valence-corrected chi connectivity index (χ2v) is 11.6. The molecule has 0 aromatic heterocycles. The van der Waals surface area contributed by atoms with Crippen LogP contribution in [0.25, 0.3) is 0 Å². The molecule has 0 amide bonds. The van der Waals surface area contributed by atoms with Crippen LogP contribution in [-0.4, -0.2) is 35.5 Å². The molecule has 1 atom stereocenters. The van der Waals surface area contributed by atoms with Gasteiger partial charge in [-0.1, -0.05) is 94.8 Å². The summed E-state index contributed by atoms with van der Waals surface area (Å²) in [6.07, 6.45) is 9.75. The van der Waals surface area contributed by atoms with Crippen LogP contribution in [-0.2, 0) is 13.1 Å². The Bertz CT molecular complexity index is 762. The maximum Gasteiger partial charge on any atom is 0.0236 e. The Morgan fingerprint density at radius 3 is 1.76 bits per heavy atom. The summed E-state index contributed by atoms with van der Waals surface area (Å²) in [5, 5.41) is 0. The van der Waals surface area contributed by atoms with Crippen LogP contribution >= 0.6 is 0 Å². The molecule has 0 radical (unpaired) electrons. The zero-order valence-corrected chi connectivity index (χ0v) is 22.5. The van der Waals surface area contributed by atoms with E-state index in [1.165, 1.54) is 75.7 Å². The molecule has 0 saturated carbocycles. The predicted molar refractivity (Wildman–Crippen MR) is 148 cm³/mol. The van der Waals surface area contributed by atoms with Crippen molar-refractivity contribution in [3.8, 4) is 0 Å². The molecule has 4 rings (SSSR count). The van der Waals surface area contributed by atoms with Gasteiger partial charge in [0.2, 0.25) is 0 Å². The minimum atomic E-state index is 0.809. The monoisotopic (exact) mass is 462 g/mol. The normalized spacial score (nSPS) is 20.4. The predicted octanol–water partition coefficient (Wildman–Crippen LogP) is 8.03. The van der Waals surface area contributed by atoms with E-state index in [0.717, 1.165) is 36.9 Å². The van der Waals surface area contributed by atoms with Gasteiger partial charge in [0, 0.05) is 19.1 Å². The molecule has 2 saturated heterocycles. The summed E-state index contributed by atoms with van der Waals surface area (Å²) < 4.78 is 0. The Labute approximate surface area is 210 Å². The minimum Gasteiger partial charge on any atom is -0.299 e. The molecule has 2 aliphatic rings. The van der Waals surface area contributed by atoms with Crippen LogP contribution in [0.15, 0.2) is 60.7 Å². The molecule has 2 fully saturated rings. The van der Waals surface area contributed by atoms with Gasteiger partial charge in [-0.25, -0.2) is 0 Å². The van der Waals surface area contributed by atoms with Gasteiger partial charge in [-0.2, -0.15) is 0 Å². The first-order valence-electron chi connectivity index (χ1n) is 14.0. The molecule has 2 nitrogen and oxygen atoms in total. The van der Waals surface area contributed by atoms with E-state index in [4.69, 9.17) is 0 Å². The summed E-state index contributed by atoms with van der Waals surface area (Å²) in [5.41, 5.74) is 2.91. The van der Waals surface area contributed by atoms with Crippen molar-refractivity contribution in [2.24, 2.45) is 17.8 Å². The van der Waals surface area contributed by atoms with Gasteiger partial charge in [-0.05, 0) is 87.0 Å². The zero-order chi connectivity index (χ0) is 24.2. The molecule has 1 unspecified atom stereocenters. The highest BCUT2D eigenvalue weighted by atomic mass is 15.2. The summed E-state index contributed by atoms with van der Waals surface area (Å²) in [7, 11) is 0. The Balaban J connectivity index is 0.000000191. The third kappa shape index (κ3) is 9.92. The third-order valence-corrected chi connectivity index (χ3v) is 7.48. The summed E-state index contributed by atoms with van der Waals surface area (Å²) in [6.45, 7) is 15.5. The average Bonchev–Trinajstić information content (AvgIpc) is 2.83. The molecule has 0 N–H and O–H groups in total. The van der Waals surface area contributed by atoms with Crippen LogP contribution in [0, 0.1) is 17.8 Å². The highest BCUT2D eigenvalue weighted by Gasteiger charge is 2.23. The Hall–Kier alpha value is -1.64. The minimum absolute atomic E-state index is 0.809. The SMILES string of the molecule is CC(C)CC1CCCCN1Cc1ccccc1.CC(C)CC1CCN(Cc2ccccc2)CC1. The number of piperidine rings is 2. The van der Waals surface area contributed by atoms with E-state index in [0.29, 0.717) is 0 Å². The number of hydrogen-bond donors (Lipinski definition) is 0. The molecular weight excluding hydrogens is 412 g/mol. The van der Waals surface area contributed by atoms with E-state index in [1.54, 1.807) is 0 Å². The van der Waals surface area contributed by atoms with Gasteiger partial charge in [0.1, 0.15) is 0 Å². The van der Waals surface area contributed by atoms with Gasteiger partial charge in [-0.15, -0.1) is 0 Å². The van der Waals surface area contributed by atoms with Crippen LogP contribution in [0.5, 0.6) is 0 Å². The van der Waals surface area contributed by atoms with Crippen molar-refractivity contribution in [1.29, 1.82) is 0 Å². The standard InChI is InChI=1S/2C16H25N/c1-14(2)12-16-10-6-7-11-17(16)13-15-8-4-3-5-9-15;1-14(2)12-15-8-10-17(11-9-15)13-16-6-4-3-5-7-16/h3-5,8-9,14,16H,6-7,10-13H2,1-2H3;3-7,14-15H,8-13H2,1-2H3. The van der Waals surface area contributed by atoms with Crippen molar-refractivity contribution in [1.82, 2.24) is 9.80 Å². The lowest BCUT2D eigenvalue weighted by atomic mass is 9.88. The molecule has 34 heavy (non-hydrogen) atoms. The third-order valence-electron chi connectivity index (χ3n) is 7.48. The maximum absolute atomic E-state index is 2.69. The maximum atomic E-state index is 2.69. The van der Waals surface area contributed by atoms with Crippen molar-refractivity contribution in [3.63, 3.8) is 0 Å². The number of likely N-dealkylation sites (tertiary alicyclic amines) is 2. The number of hydrogen-bond acceptors (Lipinski definition) is 2. The van der Waals surface area contributed by atoms with Crippen molar-refractivity contribution in [2.75, 3.05) is 19.6 Å². The first-order chi connectivity index (χ1) is 16.5. The largest absolute Gasteiger partial charge is 0.299 e. The quantitative estimate of drug-likeness (QED) is 0.392. The van der Waals surface area contributed by atoms with Crippen molar-refractivity contribution in [3.05, 3.63) is 71.8 Å². The van der Waals surface area contributed by atoms with Crippen LogP contribution in [0.1, 0.15) is 83.8 Å². The fourth-order valence-corrected chi connectivity index (χ4v) is 5.79. The fourth-order valence-electron chi connectivity index (χ4n) is 5.79. The number of benzene rings is 2. The molecule has 2 heterocycles. The van der Waals surface area contributed by atoms with Crippen LogP contribution in [0.4, 0.5) is 0 Å². The van der Waals surface area contributed by atoms with Crippen molar-refractivity contribution in [2.45, 2.75) is 91.8 Å². The topological polar surface area (TPSA) is 6.48 Å². The van der Waals surface area contributed by atoms with Gasteiger partial charge in [-0.3, -0.25) is 9.80 Å². The Morgan fingerprint density at radius 2 is 1.21 bits per heavy atom. The summed E-state index contributed by atoms with van der Waals surface area (Å²) >= 11 is 0. The van der Waals surface area contributed by atoms with E-state index in [2.05, 4.69) is 98.2 Å². The number of rotatable bonds is 8. The zero-order valence-electron chi connectivity index (χ0n) is 22.5. The number of nitrogens with zero attached hydrogens (tertiary/aromatic N) is 2. The van der Waals surface area contributed by atoms with Crippen LogP contribution in [0.2, 0.25) is 0 Å². The lowest BCUT2D eigenvalue weighted by molar-refractivity contribution is 0.122.